The smallest absolute Gasteiger partial charge is 0.136 e. The molecule has 0 radical (unpaired) electrons. The summed E-state index contributed by atoms with van der Waals surface area (Å²) in [5.41, 5.74) is 7.27. The van der Waals surface area contributed by atoms with Gasteiger partial charge in [-0.05, 0) is 24.8 Å². The molecule has 0 amide bonds. The SMILES string of the molecule is Nc1cc(NC2CC2c2ccccc2)nc(C2CC2)n1. The summed E-state index contributed by atoms with van der Waals surface area (Å²) in [5, 5.41) is 3.50. The molecule has 1 heterocycles. The number of aromatic nitrogens is 2. The first kappa shape index (κ1) is 11.7. The monoisotopic (exact) mass is 266 g/mol. The Kier molecular flexibility index (Phi) is 2.62. The molecule has 20 heavy (non-hydrogen) atoms. The number of nitrogens with one attached hydrogen (secondary N) is 1. The van der Waals surface area contributed by atoms with E-state index >= 15 is 0 Å². The van der Waals surface area contributed by atoms with Crippen molar-refractivity contribution in [2.75, 3.05) is 11.1 Å². The molecule has 1 aromatic carbocycles. The van der Waals surface area contributed by atoms with Crippen LogP contribution in [0.25, 0.3) is 0 Å². The molecule has 0 spiro atoms. The summed E-state index contributed by atoms with van der Waals surface area (Å²) < 4.78 is 0. The van der Waals surface area contributed by atoms with Gasteiger partial charge in [-0.1, -0.05) is 30.3 Å². The number of benzene rings is 1. The Morgan fingerprint density at radius 2 is 1.90 bits per heavy atom. The Labute approximate surface area is 118 Å². The van der Waals surface area contributed by atoms with Gasteiger partial charge >= 0.3 is 0 Å². The largest absolute Gasteiger partial charge is 0.384 e. The summed E-state index contributed by atoms with van der Waals surface area (Å²) in [6.45, 7) is 0. The van der Waals surface area contributed by atoms with Gasteiger partial charge in [0.25, 0.3) is 0 Å². The highest BCUT2D eigenvalue weighted by atomic mass is 15.1. The molecule has 102 valence electrons. The lowest BCUT2D eigenvalue weighted by Crippen LogP contribution is -2.09. The van der Waals surface area contributed by atoms with Crippen LogP contribution in [-0.2, 0) is 0 Å². The molecule has 0 saturated heterocycles. The number of nitrogen functional groups attached to an aromatic ring is 1. The zero-order valence-electron chi connectivity index (χ0n) is 11.3. The van der Waals surface area contributed by atoms with Gasteiger partial charge < -0.3 is 11.1 Å². The fourth-order valence-electron chi connectivity index (χ4n) is 2.70. The summed E-state index contributed by atoms with van der Waals surface area (Å²) in [6, 6.07) is 12.9. The van der Waals surface area contributed by atoms with Crippen LogP contribution in [0.5, 0.6) is 0 Å². The lowest BCUT2D eigenvalue weighted by molar-refractivity contribution is 0.921. The average Bonchev–Trinajstić information content (AvgIpc) is 3.34. The molecule has 0 bridgehead atoms. The fourth-order valence-corrected chi connectivity index (χ4v) is 2.70. The normalized spacial score (nSPS) is 24.4. The molecule has 2 aromatic rings. The Bertz CT molecular complexity index is 622. The minimum atomic E-state index is 0.471. The van der Waals surface area contributed by atoms with Gasteiger partial charge in [0.05, 0.1) is 0 Å². The molecule has 2 atom stereocenters. The number of hydrogen-bond donors (Lipinski definition) is 2. The molecule has 0 aliphatic heterocycles. The molecule has 2 aliphatic rings. The second kappa shape index (κ2) is 4.47. The zero-order valence-corrected chi connectivity index (χ0v) is 11.3. The van der Waals surface area contributed by atoms with Crippen LogP contribution in [0.4, 0.5) is 11.6 Å². The van der Waals surface area contributed by atoms with Crippen molar-refractivity contribution in [1.82, 2.24) is 9.97 Å². The van der Waals surface area contributed by atoms with E-state index < -0.39 is 0 Å². The maximum Gasteiger partial charge on any atom is 0.136 e. The quantitative estimate of drug-likeness (QED) is 0.893. The molecule has 3 N–H and O–H groups in total. The van der Waals surface area contributed by atoms with Gasteiger partial charge in [0.2, 0.25) is 0 Å². The summed E-state index contributed by atoms with van der Waals surface area (Å²) >= 11 is 0. The lowest BCUT2D eigenvalue weighted by Gasteiger charge is -2.08. The number of rotatable bonds is 4. The highest BCUT2D eigenvalue weighted by Gasteiger charge is 2.38. The first-order valence-electron chi connectivity index (χ1n) is 7.25. The summed E-state index contributed by atoms with van der Waals surface area (Å²) in [4.78, 5) is 8.93. The van der Waals surface area contributed by atoms with E-state index in [1.54, 1.807) is 0 Å². The van der Waals surface area contributed by atoms with Crippen molar-refractivity contribution < 1.29 is 0 Å². The third-order valence-corrected chi connectivity index (χ3v) is 4.06. The summed E-state index contributed by atoms with van der Waals surface area (Å²) in [6.07, 6.45) is 3.55. The van der Waals surface area contributed by atoms with Gasteiger partial charge in [0.15, 0.2) is 0 Å². The molecule has 2 fully saturated rings. The predicted molar refractivity (Wildman–Crippen MR) is 79.6 cm³/mol. The van der Waals surface area contributed by atoms with Crippen molar-refractivity contribution in [2.45, 2.75) is 37.1 Å². The van der Waals surface area contributed by atoms with Crippen LogP contribution >= 0.6 is 0 Å². The molecular weight excluding hydrogens is 248 g/mol. The van der Waals surface area contributed by atoms with Crippen LogP contribution < -0.4 is 11.1 Å². The number of nitrogens with two attached hydrogens (primary N) is 1. The standard InChI is InChI=1S/C16H18N4/c17-14-9-15(20-16(19-14)11-6-7-11)18-13-8-12(13)10-4-2-1-3-5-10/h1-5,9,11-13H,6-8H2,(H3,17,18,19,20). The third-order valence-electron chi connectivity index (χ3n) is 4.06. The average molecular weight is 266 g/mol. The second-order valence-electron chi connectivity index (χ2n) is 5.81. The van der Waals surface area contributed by atoms with Crippen molar-refractivity contribution in [2.24, 2.45) is 0 Å². The fraction of sp³-hybridized carbons (Fsp3) is 0.375. The van der Waals surface area contributed by atoms with E-state index in [1.165, 1.54) is 18.4 Å². The van der Waals surface area contributed by atoms with E-state index in [9.17, 15) is 0 Å². The molecule has 4 nitrogen and oxygen atoms in total. The topological polar surface area (TPSA) is 63.8 Å². The summed E-state index contributed by atoms with van der Waals surface area (Å²) in [5.74, 6) is 3.48. The van der Waals surface area contributed by atoms with E-state index in [2.05, 4.69) is 45.6 Å². The Balaban J connectivity index is 1.48. The highest BCUT2D eigenvalue weighted by molar-refractivity contribution is 5.48. The Hall–Kier alpha value is -2.10. The van der Waals surface area contributed by atoms with E-state index in [0.717, 1.165) is 18.1 Å². The van der Waals surface area contributed by atoms with Gasteiger partial charge in [-0.15, -0.1) is 0 Å². The maximum atomic E-state index is 5.88. The van der Waals surface area contributed by atoms with Gasteiger partial charge in [-0.3, -0.25) is 0 Å². The van der Waals surface area contributed by atoms with E-state index in [-0.39, 0.29) is 0 Å². The molecule has 2 saturated carbocycles. The van der Waals surface area contributed by atoms with Gasteiger partial charge in [0, 0.05) is 23.9 Å². The first-order chi connectivity index (χ1) is 9.79. The summed E-state index contributed by atoms with van der Waals surface area (Å²) in [7, 11) is 0. The second-order valence-corrected chi connectivity index (χ2v) is 5.81. The predicted octanol–water partition coefficient (Wildman–Crippen LogP) is 2.90. The molecule has 4 heteroatoms. The molecular formula is C16H18N4. The van der Waals surface area contributed by atoms with Gasteiger partial charge in [-0.2, -0.15) is 0 Å². The van der Waals surface area contributed by atoms with Crippen LogP contribution in [0, 0.1) is 0 Å². The van der Waals surface area contributed by atoms with Gasteiger partial charge in [-0.25, -0.2) is 9.97 Å². The van der Waals surface area contributed by atoms with Crippen LogP contribution in [-0.4, -0.2) is 16.0 Å². The Morgan fingerprint density at radius 1 is 1.10 bits per heavy atom. The molecule has 4 rings (SSSR count). The van der Waals surface area contributed by atoms with Crippen LogP contribution in [0.15, 0.2) is 36.4 Å². The zero-order chi connectivity index (χ0) is 13.5. The van der Waals surface area contributed by atoms with Crippen LogP contribution in [0.3, 0.4) is 0 Å². The van der Waals surface area contributed by atoms with E-state index in [0.29, 0.717) is 23.7 Å². The number of anilines is 2. The van der Waals surface area contributed by atoms with Crippen molar-refractivity contribution in [3.05, 3.63) is 47.8 Å². The van der Waals surface area contributed by atoms with Crippen molar-refractivity contribution in [3.63, 3.8) is 0 Å². The maximum absolute atomic E-state index is 5.88. The van der Waals surface area contributed by atoms with Crippen molar-refractivity contribution in [3.8, 4) is 0 Å². The number of nitrogens with zero attached hydrogens (tertiary/aromatic N) is 2. The molecule has 1 aromatic heterocycles. The first-order valence-corrected chi connectivity index (χ1v) is 7.25. The van der Waals surface area contributed by atoms with Crippen molar-refractivity contribution in [1.29, 1.82) is 0 Å². The van der Waals surface area contributed by atoms with Crippen LogP contribution in [0.1, 0.15) is 42.5 Å². The third kappa shape index (κ3) is 2.33. The molecule has 2 aliphatic carbocycles. The van der Waals surface area contributed by atoms with E-state index in [4.69, 9.17) is 5.73 Å². The lowest BCUT2D eigenvalue weighted by atomic mass is 10.1. The van der Waals surface area contributed by atoms with Crippen molar-refractivity contribution >= 4 is 11.6 Å². The molecule has 2 unspecified atom stereocenters. The highest BCUT2D eigenvalue weighted by Crippen LogP contribution is 2.43. The Morgan fingerprint density at radius 3 is 2.65 bits per heavy atom. The number of hydrogen-bond acceptors (Lipinski definition) is 4. The van der Waals surface area contributed by atoms with E-state index in [1.807, 2.05) is 6.07 Å². The minimum absolute atomic E-state index is 0.471. The van der Waals surface area contributed by atoms with Crippen LogP contribution in [0.2, 0.25) is 0 Å². The van der Waals surface area contributed by atoms with Gasteiger partial charge in [0.1, 0.15) is 17.5 Å². The minimum Gasteiger partial charge on any atom is -0.384 e.